The first kappa shape index (κ1) is 12.7. The Labute approximate surface area is 94.4 Å². The van der Waals surface area contributed by atoms with Gasteiger partial charge in [-0.2, -0.15) is 4.39 Å². The maximum absolute atomic E-state index is 13.3. The lowest BCUT2D eigenvalue weighted by Gasteiger charge is -2.14. The smallest absolute Gasteiger partial charge is 0.202 e. The van der Waals surface area contributed by atoms with E-state index in [-0.39, 0.29) is 11.4 Å². The van der Waals surface area contributed by atoms with E-state index < -0.39 is 11.6 Å². The molecule has 2 N–H and O–H groups in total. The predicted octanol–water partition coefficient (Wildman–Crippen LogP) is 3.36. The first-order valence-electron chi connectivity index (χ1n) is 5.42. The van der Waals surface area contributed by atoms with Gasteiger partial charge >= 0.3 is 0 Å². The van der Waals surface area contributed by atoms with Gasteiger partial charge in [0.25, 0.3) is 0 Å². The van der Waals surface area contributed by atoms with Gasteiger partial charge < -0.3 is 10.5 Å². The van der Waals surface area contributed by atoms with Gasteiger partial charge in [0.2, 0.25) is 5.82 Å². The van der Waals surface area contributed by atoms with Crippen molar-refractivity contribution in [2.24, 2.45) is 5.92 Å². The Kier molecular flexibility index (Phi) is 4.52. The van der Waals surface area contributed by atoms with Gasteiger partial charge in [-0.25, -0.2) is 4.39 Å². The number of ether oxygens (including phenoxy) is 1. The number of hydrogen-bond acceptors (Lipinski definition) is 2. The highest BCUT2D eigenvalue weighted by molar-refractivity contribution is 5.53. The Morgan fingerprint density at radius 3 is 2.69 bits per heavy atom. The summed E-state index contributed by atoms with van der Waals surface area (Å²) in [7, 11) is 0. The molecule has 0 amide bonds. The van der Waals surface area contributed by atoms with Crippen molar-refractivity contribution in [2.75, 3.05) is 12.3 Å². The second-order valence-electron chi connectivity index (χ2n) is 3.98. The van der Waals surface area contributed by atoms with Crippen LogP contribution in [0.4, 0.5) is 14.5 Å². The van der Waals surface area contributed by atoms with Crippen LogP contribution in [0.5, 0.6) is 5.75 Å². The fourth-order valence-electron chi connectivity index (χ4n) is 1.50. The van der Waals surface area contributed by atoms with Crippen molar-refractivity contribution in [3.05, 3.63) is 23.8 Å². The van der Waals surface area contributed by atoms with Gasteiger partial charge in [0.05, 0.1) is 12.3 Å². The predicted molar refractivity (Wildman–Crippen MR) is 60.3 cm³/mol. The van der Waals surface area contributed by atoms with E-state index in [1.165, 1.54) is 6.07 Å². The molecule has 0 spiro atoms. The molecule has 0 aliphatic carbocycles. The monoisotopic (exact) mass is 229 g/mol. The Morgan fingerprint density at radius 1 is 1.38 bits per heavy atom. The molecule has 1 aromatic carbocycles. The van der Waals surface area contributed by atoms with E-state index in [0.29, 0.717) is 12.5 Å². The second-order valence-corrected chi connectivity index (χ2v) is 3.98. The molecule has 1 rings (SSSR count). The molecule has 0 fully saturated rings. The fraction of sp³-hybridized carbons (Fsp3) is 0.500. The molecule has 16 heavy (non-hydrogen) atoms. The largest absolute Gasteiger partial charge is 0.488 e. The maximum Gasteiger partial charge on any atom is 0.202 e. The van der Waals surface area contributed by atoms with Crippen LogP contribution < -0.4 is 10.5 Å². The van der Waals surface area contributed by atoms with Crippen LogP contribution in [0.1, 0.15) is 26.7 Å². The van der Waals surface area contributed by atoms with E-state index >= 15 is 0 Å². The van der Waals surface area contributed by atoms with Crippen molar-refractivity contribution in [3.63, 3.8) is 0 Å². The van der Waals surface area contributed by atoms with Crippen molar-refractivity contribution in [3.8, 4) is 5.75 Å². The number of hydrogen-bond donors (Lipinski definition) is 1. The zero-order valence-electron chi connectivity index (χ0n) is 9.59. The van der Waals surface area contributed by atoms with Crippen molar-refractivity contribution in [2.45, 2.75) is 26.7 Å². The zero-order valence-corrected chi connectivity index (χ0v) is 9.59. The summed E-state index contributed by atoms with van der Waals surface area (Å²) in [6, 6.07) is 2.30. The lowest BCUT2D eigenvalue weighted by atomic mass is 10.1. The van der Waals surface area contributed by atoms with Gasteiger partial charge in [-0.1, -0.05) is 20.3 Å². The van der Waals surface area contributed by atoms with Gasteiger partial charge in [0.1, 0.15) is 0 Å². The van der Waals surface area contributed by atoms with Crippen molar-refractivity contribution in [1.82, 2.24) is 0 Å². The van der Waals surface area contributed by atoms with Crippen molar-refractivity contribution in [1.29, 1.82) is 0 Å². The molecular weight excluding hydrogens is 212 g/mol. The summed E-state index contributed by atoms with van der Waals surface area (Å²) in [6.45, 7) is 4.41. The van der Waals surface area contributed by atoms with E-state index in [1.54, 1.807) is 0 Å². The molecule has 1 unspecified atom stereocenters. The van der Waals surface area contributed by atoms with Gasteiger partial charge in [-0.15, -0.1) is 0 Å². The molecule has 2 nitrogen and oxygen atoms in total. The summed E-state index contributed by atoms with van der Waals surface area (Å²) in [5, 5.41) is 0. The molecule has 0 bridgehead atoms. The van der Waals surface area contributed by atoms with Crippen LogP contribution >= 0.6 is 0 Å². The Hall–Kier alpha value is -1.32. The van der Waals surface area contributed by atoms with E-state index in [0.717, 1.165) is 18.9 Å². The minimum atomic E-state index is -1.01. The summed E-state index contributed by atoms with van der Waals surface area (Å²) in [6.07, 6.45) is 2.02. The van der Waals surface area contributed by atoms with Crippen LogP contribution in [0, 0.1) is 17.6 Å². The average molecular weight is 229 g/mol. The van der Waals surface area contributed by atoms with Crippen molar-refractivity contribution < 1.29 is 13.5 Å². The van der Waals surface area contributed by atoms with E-state index in [4.69, 9.17) is 10.5 Å². The molecular formula is C12H17F2NO. The number of halogens is 2. The standard InChI is InChI=1S/C12H17F2NO/c1-3-4-8(2)7-16-12-10(15)6-5-9(13)11(12)14/h5-6,8H,3-4,7,15H2,1-2H3. The molecule has 0 aliphatic heterocycles. The molecule has 0 radical (unpaired) electrons. The number of nitrogens with two attached hydrogens (primary N) is 1. The third-order valence-electron chi connectivity index (χ3n) is 2.37. The van der Waals surface area contributed by atoms with Crippen LogP contribution in [-0.2, 0) is 0 Å². The molecule has 4 heteroatoms. The highest BCUT2D eigenvalue weighted by Gasteiger charge is 2.14. The molecule has 90 valence electrons. The van der Waals surface area contributed by atoms with Crippen LogP contribution in [0.3, 0.4) is 0 Å². The third-order valence-corrected chi connectivity index (χ3v) is 2.37. The first-order valence-corrected chi connectivity index (χ1v) is 5.42. The summed E-state index contributed by atoms with van der Waals surface area (Å²) < 4.78 is 31.5. The molecule has 0 saturated carbocycles. The summed E-state index contributed by atoms with van der Waals surface area (Å²) in [5.41, 5.74) is 5.65. The minimum Gasteiger partial charge on any atom is -0.488 e. The molecule has 1 atom stereocenters. The maximum atomic E-state index is 13.3. The van der Waals surface area contributed by atoms with Gasteiger partial charge in [-0.3, -0.25) is 0 Å². The Bertz CT molecular complexity index is 355. The summed E-state index contributed by atoms with van der Waals surface area (Å²) in [5.74, 6) is -1.83. The van der Waals surface area contributed by atoms with E-state index in [9.17, 15) is 8.78 Å². The van der Waals surface area contributed by atoms with Crippen LogP contribution in [0.15, 0.2) is 12.1 Å². The van der Waals surface area contributed by atoms with Crippen molar-refractivity contribution >= 4 is 5.69 Å². The highest BCUT2D eigenvalue weighted by atomic mass is 19.2. The lowest BCUT2D eigenvalue weighted by molar-refractivity contribution is 0.240. The summed E-state index contributed by atoms with van der Waals surface area (Å²) >= 11 is 0. The number of anilines is 1. The van der Waals surface area contributed by atoms with Crippen LogP contribution in [-0.4, -0.2) is 6.61 Å². The van der Waals surface area contributed by atoms with E-state index in [1.807, 2.05) is 6.92 Å². The number of benzene rings is 1. The third kappa shape index (κ3) is 3.08. The topological polar surface area (TPSA) is 35.2 Å². The fourth-order valence-corrected chi connectivity index (χ4v) is 1.50. The quantitative estimate of drug-likeness (QED) is 0.786. The average Bonchev–Trinajstić information content (AvgIpc) is 2.24. The molecule has 0 saturated heterocycles. The lowest BCUT2D eigenvalue weighted by Crippen LogP contribution is -2.11. The zero-order chi connectivity index (χ0) is 12.1. The van der Waals surface area contributed by atoms with Crippen LogP contribution in [0.25, 0.3) is 0 Å². The Balaban J connectivity index is 2.70. The molecule has 0 heterocycles. The number of rotatable bonds is 5. The molecule has 0 aliphatic rings. The normalized spacial score (nSPS) is 12.5. The molecule has 0 aromatic heterocycles. The summed E-state index contributed by atoms with van der Waals surface area (Å²) in [4.78, 5) is 0. The first-order chi connectivity index (χ1) is 7.56. The van der Waals surface area contributed by atoms with Crippen LogP contribution in [0.2, 0.25) is 0 Å². The highest BCUT2D eigenvalue weighted by Crippen LogP contribution is 2.27. The molecule has 1 aromatic rings. The SMILES string of the molecule is CCCC(C)COc1c(N)ccc(F)c1F. The van der Waals surface area contributed by atoms with Gasteiger partial charge in [0, 0.05) is 0 Å². The second kappa shape index (κ2) is 5.68. The Morgan fingerprint density at radius 2 is 2.06 bits per heavy atom. The van der Waals surface area contributed by atoms with Gasteiger partial charge in [0.15, 0.2) is 11.6 Å². The van der Waals surface area contributed by atoms with E-state index in [2.05, 4.69) is 6.92 Å². The van der Waals surface area contributed by atoms with Gasteiger partial charge in [-0.05, 0) is 24.5 Å². The minimum absolute atomic E-state index is 0.127. The number of nitrogen functional groups attached to an aromatic ring is 1.